The Morgan fingerprint density at radius 2 is 1.89 bits per heavy atom. The molecule has 0 saturated heterocycles. The van der Waals surface area contributed by atoms with E-state index in [2.05, 4.69) is 18.5 Å². The Balaban J connectivity index is 0.00000306. The van der Waals surface area contributed by atoms with E-state index in [9.17, 15) is 18.0 Å². The van der Waals surface area contributed by atoms with Gasteiger partial charge in [0.1, 0.15) is 11.4 Å². The second kappa shape index (κ2) is 13.1. The lowest BCUT2D eigenvalue weighted by Crippen LogP contribution is -2.16. The molecule has 0 aromatic carbocycles. The molecule has 0 saturated carbocycles. The number of unbranched alkanes of at least 4 members (excludes halogenated alkanes) is 1. The first-order valence-corrected chi connectivity index (χ1v) is 12.3. The van der Waals surface area contributed by atoms with Crippen molar-refractivity contribution in [2.24, 2.45) is 11.8 Å². The van der Waals surface area contributed by atoms with Crippen LogP contribution in [0, 0.1) is 11.8 Å². The minimum atomic E-state index is -4.54. The summed E-state index contributed by atoms with van der Waals surface area (Å²) in [6.45, 7) is 10.2. The molecule has 3 aromatic rings. The zero-order valence-electron chi connectivity index (χ0n) is 19.4. The number of rotatable bonds is 11. The number of aromatic nitrogens is 2. The Morgan fingerprint density at radius 3 is 2.46 bits per heavy atom. The molecule has 3 heterocycles. The fraction of sp³-hybridized carbons (Fsp3) is 0.500. The molecule has 2 unspecified atom stereocenters. The predicted octanol–water partition coefficient (Wildman–Crippen LogP) is 9.26. The van der Waals surface area contributed by atoms with Gasteiger partial charge < -0.3 is 4.40 Å². The van der Waals surface area contributed by atoms with Crippen LogP contribution in [-0.2, 0) is 17.4 Å². The topological polar surface area (TPSA) is 34.4 Å². The van der Waals surface area contributed by atoms with Crippen LogP contribution in [0.15, 0.2) is 47.4 Å². The quantitative estimate of drug-likeness (QED) is 0.242. The van der Waals surface area contributed by atoms with Crippen molar-refractivity contribution in [1.82, 2.24) is 9.38 Å². The highest BCUT2D eigenvalue weighted by Crippen LogP contribution is 2.36. The maximum Gasteiger partial charge on any atom is 0.420 e. The van der Waals surface area contributed by atoms with E-state index in [-0.39, 0.29) is 38.6 Å². The monoisotopic (exact) mass is 508 g/mol. The van der Waals surface area contributed by atoms with Crippen molar-refractivity contribution < 1.29 is 18.0 Å². The molecule has 0 N–H and O–H groups in total. The number of fused-ring (bicyclic) bond motifs is 1. The molecule has 0 aliphatic heterocycles. The van der Waals surface area contributed by atoms with Crippen molar-refractivity contribution in [1.29, 1.82) is 0 Å². The van der Waals surface area contributed by atoms with E-state index < -0.39 is 11.7 Å². The first-order chi connectivity index (χ1) is 15.6. The molecule has 0 radical (unpaired) electrons. The first-order valence-electron chi connectivity index (χ1n) is 11.4. The molecular formula is C28H39F3N2OS. The smallest absolute Gasteiger partial charge is 0.306 e. The molecule has 0 aliphatic carbocycles. The van der Waals surface area contributed by atoms with Crippen LogP contribution in [0.5, 0.6) is 0 Å². The Hall–Kier alpha value is -2.41. The average molecular weight is 509 g/mol. The maximum absolute atomic E-state index is 13.7. The van der Waals surface area contributed by atoms with E-state index in [1.54, 1.807) is 18.5 Å². The number of carbonyl (C=O) groups excluding carboxylic acids is 1. The lowest BCUT2D eigenvalue weighted by Gasteiger charge is -2.18. The van der Waals surface area contributed by atoms with Crippen LogP contribution in [0.1, 0.15) is 79.0 Å². The van der Waals surface area contributed by atoms with Gasteiger partial charge in [0.2, 0.25) is 0 Å². The zero-order chi connectivity index (χ0) is 24.2. The number of ketones is 1. The Kier molecular flexibility index (Phi) is 11.4. The van der Waals surface area contributed by atoms with Gasteiger partial charge in [0.25, 0.3) is 0 Å². The summed E-state index contributed by atoms with van der Waals surface area (Å²) in [5.74, 6) is 0.225. The number of allylic oxidation sites excluding steroid dienone is 1. The molecule has 0 aliphatic rings. The third-order valence-corrected chi connectivity index (χ3v) is 6.90. The normalized spacial score (nSPS) is 13.1. The van der Waals surface area contributed by atoms with E-state index in [0.29, 0.717) is 17.2 Å². The zero-order valence-corrected chi connectivity index (χ0v) is 20.2. The van der Waals surface area contributed by atoms with Crippen molar-refractivity contribution in [2.75, 3.05) is 0 Å². The van der Waals surface area contributed by atoms with Crippen molar-refractivity contribution in [2.45, 2.75) is 80.3 Å². The van der Waals surface area contributed by atoms with E-state index in [4.69, 9.17) is 0 Å². The molecule has 194 valence electrons. The van der Waals surface area contributed by atoms with E-state index in [1.807, 2.05) is 24.6 Å². The number of hydrogen-bond acceptors (Lipinski definition) is 3. The lowest BCUT2D eigenvalue weighted by atomic mass is 9.86. The summed E-state index contributed by atoms with van der Waals surface area (Å²) in [4.78, 5) is 17.0. The van der Waals surface area contributed by atoms with Gasteiger partial charge in [-0.05, 0) is 66.1 Å². The molecular weight excluding hydrogens is 469 g/mol. The summed E-state index contributed by atoms with van der Waals surface area (Å²) in [5, 5.41) is 3.63. The molecule has 0 spiro atoms. The number of thiophene rings is 1. The summed E-state index contributed by atoms with van der Waals surface area (Å²) in [5.41, 5.74) is 1.74. The standard InChI is InChI=1S/C26H31F3N2OS.2CH4/c1-5-6-7-19(17(2)3)9-8-18(4)24(32)13-22-15-31-14-21(20-10-11-33-16-20)12-23(25(31)30-22)26(27,28)29;;/h10-12,14-16,18-19H,2,5-9,13H2,1,3-4H3;2*1H4. The van der Waals surface area contributed by atoms with Gasteiger partial charge in [-0.15, -0.1) is 0 Å². The summed E-state index contributed by atoms with van der Waals surface area (Å²) in [6, 6.07) is 2.92. The number of imidazole rings is 1. The summed E-state index contributed by atoms with van der Waals surface area (Å²) in [7, 11) is 0. The van der Waals surface area contributed by atoms with Crippen LogP contribution >= 0.6 is 11.3 Å². The largest absolute Gasteiger partial charge is 0.420 e. The first kappa shape index (κ1) is 30.6. The van der Waals surface area contributed by atoms with Gasteiger partial charge >= 0.3 is 6.18 Å². The van der Waals surface area contributed by atoms with Crippen LogP contribution in [-0.4, -0.2) is 15.2 Å². The van der Waals surface area contributed by atoms with Crippen LogP contribution in [0.2, 0.25) is 0 Å². The van der Waals surface area contributed by atoms with Crippen molar-refractivity contribution >= 4 is 22.8 Å². The number of carbonyl (C=O) groups is 1. The molecule has 0 amide bonds. The van der Waals surface area contributed by atoms with Crippen LogP contribution < -0.4 is 0 Å². The Bertz CT molecular complexity index is 1100. The van der Waals surface area contributed by atoms with Crippen LogP contribution in [0.25, 0.3) is 16.8 Å². The van der Waals surface area contributed by atoms with E-state index in [1.165, 1.54) is 15.7 Å². The third-order valence-electron chi connectivity index (χ3n) is 6.22. The summed E-state index contributed by atoms with van der Waals surface area (Å²) in [6.07, 6.45) is 3.65. The molecule has 3 nitrogen and oxygen atoms in total. The predicted molar refractivity (Wildman–Crippen MR) is 142 cm³/mol. The minimum absolute atomic E-state index is 0. The van der Waals surface area contributed by atoms with Gasteiger partial charge in [0, 0.05) is 18.3 Å². The average Bonchev–Trinajstić information content (AvgIpc) is 3.41. The van der Waals surface area contributed by atoms with Gasteiger partial charge in [-0.1, -0.05) is 53.7 Å². The molecule has 2 atom stereocenters. The summed E-state index contributed by atoms with van der Waals surface area (Å²) < 4.78 is 42.6. The van der Waals surface area contributed by atoms with Gasteiger partial charge in [-0.3, -0.25) is 4.79 Å². The highest BCUT2D eigenvalue weighted by molar-refractivity contribution is 7.08. The molecule has 3 aromatic heterocycles. The number of Topliss-reactive ketones (excluding diaryl/α,β-unsaturated/α-hetero) is 1. The molecule has 3 rings (SSSR count). The van der Waals surface area contributed by atoms with Crippen molar-refractivity contribution in [3.05, 3.63) is 58.7 Å². The molecule has 0 bridgehead atoms. The van der Waals surface area contributed by atoms with Crippen molar-refractivity contribution in [3.63, 3.8) is 0 Å². The molecule has 7 heteroatoms. The van der Waals surface area contributed by atoms with Crippen LogP contribution in [0.3, 0.4) is 0 Å². The van der Waals surface area contributed by atoms with Gasteiger partial charge in [0.15, 0.2) is 0 Å². The van der Waals surface area contributed by atoms with Gasteiger partial charge in [0.05, 0.1) is 17.7 Å². The highest BCUT2D eigenvalue weighted by Gasteiger charge is 2.35. The number of nitrogens with zero attached hydrogens (tertiary/aromatic N) is 2. The highest BCUT2D eigenvalue weighted by atomic mass is 32.1. The van der Waals surface area contributed by atoms with E-state index in [0.717, 1.165) is 49.3 Å². The second-order valence-electron chi connectivity index (χ2n) is 8.92. The van der Waals surface area contributed by atoms with Gasteiger partial charge in [-0.2, -0.15) is 24.5 Å². The lowest BCUT2D eigenvalue weighted by molar-refractivity contribution is -0.136. The Labute approximate surface area is 212 Å². The SMILES string of the molecule is C.C.C=C(C)C(CCCC)CCC(C)C(=O)Cc1cn2cc(-c3ccsc3)cc(C(F)(F)F)c2n1. The summed E-state index contributed by atoms with van der Waals surface area (Å²) >= 11 is 1.43. The third kappa shape index (κ3) is 7.79. The van der Waals surface area contributed by atoms with Gasteiger partial charge in [-0.25, -0.2) is 4.98 Å². The number of pyridine rings is 1. The fourth-order valence-electron chi connectivity index (χ4n) is 4.08. The maximum atomic E-state index is 13.7. The number of hydrogen-bond donors (Lipinski definition) is 0. The number of halogens is 3. The molecule has 35 heavy (non-hydrogen) atoms. The Morgan fingerprint density at radius 1 is 1.17 bits per heavy atom. The fourth-order valence-corrected chi connectivity index (χ4v) is 4.75. The second-order valence-corrected chi connectivity index (χ2v) is 9.70. The minimum Gasteiger partial charge on any atom is -0.306 e. The van der Waals surface area contributed by atoms with Crippen molar-refractivity contribution in [3.8, 4) is 11.1 Å². The van der Waals surface area contributed by atoms with E-state index >= 15 is 0 Å². The number of alkyl halides is 3. The van der Waals surface area contributed by atoms with Crippen LogP contribution in [0.4, 0.5) is 13.2 Å². The molecule has 0 fully saturated rings.